The predicted molar refractivity (Wildman–Crippen MR) is 90.1 cm³/mol. The third kappa shape index (κ3) is 3.69. The number of rotatable bonds is 3. The number of halogens is 2. The smallest absolute Gasteiger partial charge is 0.257 e. The minimum atomic E-state index is -0.760. The Hall–Kier alpha value is -2.32. The highest BCUT2D eigenvalue weighted by Gasteiger charge is 2.29. The van der Waals surface area contributed by atoms with E-state index in [1.165, 1.54) is 16.2 Å². The number of hydrogen-bond donors (Lipinski definition) is 1. The molecule has 1 aromatic carbocycles. The van der Waals surface area contributed by atoms with Gasteiger partial charge in [0.1, 0.15) is 17.7 Å². The van der Waals surface area contributed by atoms with Crippen LogP contribution in [0.4, 0.5) is 8.78 Å². The van der Waals surface area contributed by atoms with E-state index in [2.05, 4.69) is 0 Å². The fourth-order valence-corrected chi connectivity index (χ4v) is 3.45. The van der Waals surface area contributed by atoms with Crippen LogP contribution in [0.5, 0.6) is 0 Å². The third-order valence-electron chi connectivity index (χ3n) is 4.21. The third-order valence-corrected chi connectivity index (χ3v) is 4.91. The molecule has 1 unspecified atom stereocenters. The zero-order chi connectivity index (χ0) is 18.0. The van der Waals surface area contributed by atoms with Gasteiger partial charge in [0, 0.05) is 26.2 Å². The molecule has 0 bridgehead atoms. The van der Waals surface area contributed by atoms with Gasteiger partial charge in [0.15, 0.2) is 0 Å². The maximum Gasteiger partial charge on any atom is 0.257 e. The lowest BCUT2D eigenvalue weighted by Gasteiger charge is -2.36. The number of hydrogen-bond acceptors (Lipinski definition) is 4. The van der Waals surface area contributed by atoms with Gasteiger partial charge >= 0.3 is 0 Å². The molecule has 5 nitrogen and oxygen atoms in total. The van der Waals surface area contributed by atoms with Crippen LogP contribution in [-0.2, 0) is 4.79 Å². The number of amides is 2. The Kier molecular flexibility index (Phi) is 5.10. The van der Waals surface area contributed by atoms with Crippen LogP contribution in [0.3, 0.4) is 0 Å². The van der Waals surface area contributed by atoms with E-state index in [0.717, 1.165) is 23.8 Å². The van der Waals surface area contributed by atoms with E-state index in [9.17, 15) is 18.4 Å². The molecule has 1 fully saturated rings. The Labute approximate surface area is 147 Å². The zero-order valence-electron chi connectivity index (χ0n) is 13.3. The molecule has 1 atom stereocenters. The molecule has 2 aromatic rings. The van der Waals surface area contributed by atoms with Crippen LogP contribution in [0.2, 0.25) is 0 Å². The van der Waals surface area contributed by atoms with E-state index in [4.69, 9.17) is 5.73 Å². The molecule has 1 saturated heterocycles. The van der Waals surface area contributed by atoms with Crippen LogP contribution in [0, 0.1) is 11.6 Å². The van der Waals surface area contributed by atoms with Crippen molar-refractivity contribution in [3.8, 4) is 0 Å². The lowest BCUT2D eigenvalue weighted by Crippen LogP contribution is -2.52. The average Bonchev–Trinajstić information content (AvgIpc) is 3.16. The normalized spacial score (nSPS) is 16.0. The van der Waals surface area contributed by atoms with E-state index in [-0.39, 0.29) is 24.6 Å². The summed E-state index contributed by atoms with van der Waals surface area (Å²) in [4.78, 5) is 27.8. The number of thiophene rings is 1. The molecular formula is C17H17F2N3O2S. The number of carbonyl (C=O) groups excluding carboxylic acids is 2. The van der Waals surface area contributed by atoms with E-state index in [1.54, 1.807) is 11.0 Å². The van der Waals surface area contributed by atoms with Crippen molar-refractivity contribution in [1.29, 1.82) is 0 Å². The van der Waals surface area contributed by atoms with Gasteiger partial charge < -0.3 is 15.5 Å². The van der Waals surface area contributed by atoms with E-state index in [0.29, 0.717) is 13.1 Å². The Balaban J connectivity index is 1.62. The van der Waals surface area contributed by atoms with Gasteiger partial charge in [-0.1, -0.05) is 0 Å². The molecule has 0 aliphatic carbocycles. The number of carbonyl (C=O) groups is 2. The van der Waals surface area contributed by atoms with Gasteiger partial charge in [0.2, 0.25) is 5.91 Å². The molecule has 1 aliphatic heterocycles. The van der Waals surface area contributed by atoms with Crippen LogP contribution >= 0.6 is 11.3 Å². The van der Waals surface area contributed by atoms with Crippen LogP contribution in [0.15, 0.2) is 35.0 Å². The fourth-order valence-electron chi connectivity index (χ4n) is 2.75. The maximum atomic E-state index is 13.7. The Morgan fingerprint density at radius 2 is 1.76 bits per heavy atom. The van der Waals surface area contributed by atoms with Crippen LogP contribution in [-0.4, -0.2) is 47.8 Å². The molecular weight excluding hydrogens is 348 g/mol. The van der Waals surface area contributed by atoms with Gasteiger partial charge in [-0.15, -0.1) is 0 Å². The number of nitrogens with two attached hydrogens (primary N) is 1. The Morgan fingerprint density at radius 3 is 2.40 bits per heavy atom. The van der Waals surface area contributed by atoms with Crippen molar-refractivity contribution in [2.24, 2.45) is 5.73 Å². The summed E-state index contributed by atoms with van der Waals surface area (Å²) in [6.07, 6.45) is 0. The van der Waals surface area contributed by atoms with Gasteiger partial charge in [-0.3, -0.25) is 9.59 Å². The summed E-state index contributed by atoms with van der Waals surface area (Å²) in [5, 5.41) is 3.68. The van der Waals surface area contributed by atoms with Crippen molar-refractivity contribution in [3.05, 3.63) is 57.8 Å². The molecule has 1 aromatic heterocycles. The van der Waals surface area contributed by atoms with Crippen molar-refractivity contribution in [2.45, 2.75) is 6.04 Å². The summed E-state index contributed by atoms with van der Waals surface area (Å²) in [5.74, 6) is -2.21. The quantitative estimate of drug-likeness (QED) is 0.905. The highest BCUT2D eigenvalue weighted by molar-refractivity contribution is 7.08. The summed E-state index contributed by atoms with van der Waals surface area (Å²) in [7, 11) is 0. The minimum Gasteiger partial charge on any atom is -0.337 e. The second kappa shape index (κ2) is 7.28. The molecule has 25 heavy (non-hydrogen) atoms. The molecule has 1 aliphatic rings. The number of benzene rings is 1. The second-order valence-electron chi connectivity index (χ2n) is 5.78. The van der Waals surface area contributed by atoms with Crippen LogP contribution < -0.4 is 5.73 Å². The molecule has 2 N–H and O–H groups in total. The van der Waals surface area contributed by atoms with E-state index >= 15 is 0 Å². The second-order valence-corrected chi connectivity index (χ2v) is 6.56. The molecule has 2 amide bonds. The largest absolute Gasteiger partial charge is 0.337 e. The van der Waals surface area contributed by atoms with Crippen molar-refractivity contribution in [2.75, 3.05) is 26.2 Å². The molecule has 0 saturated carbocycles. The number of piperazine rings is 1. The van der Waals surface area contributed by atoms with Crippen LogP contribution in [0.1, 0.15) is 22.0 Å². The predicted octanol–water partition coefficient (Wildman–Crippen LogP) is 2.01. The first-order valence-electron chi connectivity index (χ1n) is 7.78. The summed E-state index contributed by atoms with van der Waals surface area (Å²) < 4.78 is 27.0. The Bertz CT molecular complexity index is 774. The molecule has 2 heterocycles. The first kappa shape index (κ1) is 17.5. The maximum absolute atomic E-state index is 13.7. The van der Waals surface area contributed by atoms with Gasteiger partial charge in [-0.2, -0.15) is 11.3 Å². The van der Waals surface area contributed by atoms with Crippen molar-refractivity contribution in [3.63, 3.8) is 0 Å². The fraction of sp³-hybridized carbons (Fsp3) is 0.294. The van der Waals surface area contributed by atoms with E-state index < -0.39 is 23.6 Å². The van der Waals surface area contributed by atoms with Gasteiger partial charge in [0.25, 0.3) is 5.91 Å². The SMILES string of the molecule is NC(C(=O)N1CCN(C(=O)c2cc(F)ccc2F)CC1)c1ccsc1. The molecule has 132 valence electrons. The molecule has 0 radical (unpaired) electrons. The molecule has 0 spiro atoms. The first-order chi connectivity index (χ1) is 12.0. The lowest BCUT2D eigenvalue weighted by atomic mass is 10.1. The topological polar surface area (TPSA) is 66.6 Å². The Morgan fingerprint density at radius 1 is 1.08 bits per heavy atom. The number of nitrogens with zero attached hydrogens (tertiary/aromatic N) is 2. The summed E-state index contributed by atoms with van der Waals surface area (Å²) in [5.41, 5.74) is 6.44. The summed E-state index contributed by atoms with van der Waals surface area (Å²) >= 11 is 1.47. The summed E-state index contributed by atoms with van der Waals surface area (Å²) in [6, 6.07) is 3.87. The summed E-state index contributed by atoms with van der Waals surface area (Å²) in [6.45, 7) is 1.10. The van der Waals surface area contributed by atoms with Gasteiger partial charge in [-0.05, 0) is 40.6 Å². The van der Waals surface area contributed by atoms with Gasteiger partial charge in [-0.25, -0.2) is 8.78 Å². The highest BCUT2D eigenvalue weighted by Crippen LogP contribution is 2.19. The average molecular weight is 365 g/mol. The lowest BCUT2D eigenvalue weighted by molar-refractivity contribution is -0.134. The standard InChI is InChI=1S/C17H17F2N3O2S/c18-12-1-2-14(19)13(9-12)16(23)21-4-6-22(7-5-21)17(24)15(20)11-3-8-25-10-11/h1-3,8-10,15H,4-7,20H2. The monoisotopic (exact) mass is 365 g/mol. The first-order valence-corrected chi connectivity index (χ1v) is 8.72. The minimum absolute atomic E-state index is 0.206. The van der Waals surface area contributed by atoms with Gasteiger partial charge in [0.05, 0.1) is 5.56 Å². The van der Waals surface area contributed by atoms with Crippen molar-refractivity contribution < 1.29 is 18.4 Å². The molecule has 8 heteroatoms. The van der Waals surface area contributed by atoms with Crippen molar-refractivity contribution >= 4 is 23.2 Å². The van der Waals surface area contributed by atoms with E-state index in [1.807, 2.05) is 10.8 Å². The van der Waals surface area contributed by atoms with Crippen molar-refractivity contribution in [1.82, 2.24) is 9.80 Å². The molecule has 3 rings (SSSR count). The van der Waals surface area contributed by atoms with Crippen LogP contribution in [0.25, 0.3) is 0 Å². The zero-order valence-corrected chi connectivity index (χ0v) is 14.1. The highest BCUT2D eigenvalue weighted by atomic mass is 32.1.